The van der Waals surface area contributed by atoms with E-state index >= 15 is 0 Å². The van der Waals surface area contributed by atoms with E-state index in [2.05, 4.69) is 14.9 Å². The molecule has 1 amide bonds. The molecule has 0 bridgehead atoms. The maximum atomic E-state index is 12.7. The summed E-state index contributed by atoms with van der Waals surface area (Å²) < 4.78 is 0. The van der Waals surface area contributed by atoms with Crippen LogP contribution in [0.25, 0.3) is 11.3 Å². The third-order valence-corrected chi connectivity index (χ3v) is 6.00. The first-order valence-corrected chi connectivity index (χ1v) is 9.80. The number of nitrogens with zero attached hydrogens (tertiary/aromatic N) is 3. The minimum Gasteiger partial charge on any atom is -0.340 e. The fraction of sp³-hybridized carbons (Fsp3) is 0.500. The maximum Gasteiger partial charge on any atom is 0.227 e. The van der Waals surface area contributed by atoms with Gasteiger partial charge in [-0.2, -0.15) is 0 Å². The molecule has 0 aliphatic carbocycles. The largest absolute Gasteiger partial charge is 0.340 e. The number of aromatic nitrogens is 2. The van der Waals surface area contributed by atoms with E-state index in [1.807, 2.05) is 42.4 Å². The number of carbonyl (C=O) groups is 1. The first kappa shape index (κ1) is 17.6. The van der Waals surface area contributed by atoms with Gasteiger partial charge in [0.15, 0.2) is 0 Å². The van der Waals surface area contributed by atoms with E-state index in [0.29, 0.717) is 5.02 Å². The number of rotatable bonds is 4. The number of imidazole rings is 1. The molecule has 2 saturated heterocycles. The van der Waals surface area contributed by atoms with Gasteiger partial charge in [0.1, 0.15) is 5.82 Å². The summed E-state index contributed by atoms with van der Waals surface area (Å²) in [7, 11) is 1.89. The monoisotopic (exact) mass is 372 g/mol. The van der Waals surface area contributed by atoms with Crippen LogP contribution in [0.4, 0.5) is 0 Å². The second kappa shape index (κ2) is 7.41. The van der Waals surface area contributed by atoms with Crippen LogP contribution in [-0.2, 0) is 4.79 Å². The molecule has 1 aromatic carbocycles. The summed E-state index contributed by atoms with van der Waals surface area (Å²) in [4.78, 5) is 25.0. The number of amides is 1. The van der Waals surface area contributed by atoms with Crippen LogP contribution in [0.2, 0.25) is 5.02 Å². The molecule has 3 heterocycles. The number of hydrogen-bond donors (Lipinski definition) is 1. The maximum absolute atomic E-state index is 12.7. The summed E-state index contributed by atoms with van der Waals surface area (Å²) in [6.07, 6.45) is 6.45. The highest BCUT2D eigenvalue weighted by molar-refractivity contribution is 6.33. The quantitative estimate of drug-likeness (QED) is 0.889. The van der Waals surface area contributed by atoms with Crippen molar-refractivity contribution in [2.24, 2.45) is 5.92 Å². The van der Waals surface area contributed by atoms with Crippen LogP contribution in [0.3, 0.4) is 0 Å². The molecule has 2 aliphatic heterocycles. The van der Waals surface area contributed by atoms with Gasteiger partial charge in [0.2, 0.25) is 5.91 Å². The van der Waals surface area contributed by atoms with E-state index in [4.69, 9.17) is 11.6 Å². The van der Waals surface area contributed by atoms with Crippen molar-refractivity contribution >= 4 is 17.5 Å². The van der Waals surface area contributed by atoms with Crippen molar-refractivity contribution < 1.29 is 4.79 Å². The van der Waals surface area contributed by atoms with Gasteiger partial charge in [-0.3, -0.25) is 4.79 Å². The Morgan fingerprint density at radius 3 is 2.77 bits per heavy atom. The average molecular weight is 373 g/mol. The van der Waals surface area contributed by atoms with Crippen LogP contribution >= 0.6 is 11.6 Å². The summed E-state index contributed by atoms with van der Waals surface area (Å²) in [5, 5.41) is 0.696. The second-order valence-corrected chi connectivity index (χ2v) is 7.83. The predicted molar refractivity (Wildman–Crippen MR) is 103 cm³/mol. The number of hydrogen-bond acceptors (Lipinski definition) is 3. The van der Waals surface area contributed by atoms with Gasteiger partial charge in [0.05, 0.1) is 23.9 Å². The fourth-order valence-corrected chi connectivity index (χ4v) is 4.43. The summed E-state index contributed by atoms with van der Waals surface area (Å²) >= 11 is 6.29. The van der Waals surface area contributed by atoms with Crippen LogP contribution in [0, 0.1) is 5.92 Å². The lowest BCUT2D eigenvalue weighted by Crippen LogP contribution is -2.37. The Hall–Kier alpha value is -1.85. The molecule has 1 aromatic heterocycles. The molecule has 26 heavy (non-hydrogen) atoms. The van der Waals surface area contributed by atoms with Crippen molar-refractivity contribution in [3.05, 3.63) is 41.3 Å². The highest BCUT2D eigenvalue weighted by atomic mass is 35.5. The van der Waals surface area contributed by atoms with Crippen LogP contribution in [-0.4, -0.2) is 52.4 Å². The molecule has 5 nitrogen and oxygen atoms in total. The van der Waals surface area contributed by atoms with E-state index in [1.165, 1.54) is 19.3 Å². The zero-order chi connectivity index (χ0) is 18.1. The molecule has 2 aliphatic rings. The van der Waals surface area contributed by atoms with Gasteiger partial charge in [0, 0.05) is 24.2 Å². The van der Waals surface area contributed by atoms with Crippen molar-refractivity contribution in [2.75, 3.05) is 26.7 Å². The smallest absolute Gasteiger partial charge is 0.227 e. The molecule has 2 fully saturated rings. The fourth-order valence-electron chi connectivity index (χ4n) is 4.19. The summed E-state index contributed by atoms with van der Waals surface area (Å²) in [6.45, 7) is 3.11. The Balaban J connectivity index is 1.49. The zero-order valence-electron chi connectivity index (χ0n) is 15.1. The summed E-state index contributed by atoms with van der Waals surface area (Å²) in [5.74, 6) is 1.14. The van der Waals surface area contributed by atoms with Gasteiger partial charge in [-0.15, -0.1) is 0 Å². The van der Waals surface area contributed by atoms with E-state index in [-0.39, 0.29) is 17.9 Å². The van der Waals surface area contributed by atoms with Crippen molar-refractivity contribution in [3.8, 4) is 11.3 Å². The van der Waals surface area contributed by atoms with Gasteiger partial charge in [0.25, 0.3) is 0 Å². The molecular formula is C20H25ClN4O. The Labute approximate surface area is 159 Å². The molecule has 2 aromatic rings. The van der Waals surface area contributed by atoms with E-state index < -0.39 is 0 Å². The second-order valence-electron chi connectivity index (χ2n) is 7.42. The topological polar surface area (TPSA) is 52.2 Å². The molecule has 0 saturated carbocycles. The number of H-pyrrole nitrogens is 1. The minimum absolute atomic E-state index is 0.00790. The number of piperidine rings is 1. The molecule has 2 atom stereocenters. The van der Waals surface area contributed by atoms with Gasteiger partial charge >= 0.3 is 0 Å². The average Bonchev–Trinajstić information content (AvgIpc) is 3.24. The number of benzene rings is 1. The van der Waals surface area contributed by atoms with Crippen molar-refractivity contribution in [1.29, 1.82) is 0 Å². The molecule has 0 unspecified atom stereocenters. The number of nitrogens with one attached hydrogen (secondary N) is 1. The van der Waals surface area contributed by atoms with Crippen LogP contribution < -0.4 is 0 Å². The van der Waals surface area contributed by atoms with Crippen LogP contribution in [0.1, 0.15) is 37.5 Å². The van der Waals surface area contributed by atoms with Crippen molar-refractivity contribution in [1.82, 2.24) is 19.8 Å². The lowest BCUT2D eigenvalue weighted by molar-refractivity contribution is -0.131. The third-order valence-electron chi connectivity index (χ3n) is 5.67. The molecule has 1 N–H and O–H groups in total. The molecule has 0 spiro atoms. The van der Waals surface area contributed by atoms with Crippen molar-refractivity contribution in [2.45, 2.75) is 31.7 Å². The number of aromatic amines is 1. The Bertz CT molecular complexity index is 784. The highest BCUT2D eigenvalue weighted by Gasteiger charge is 2.40. The van der Waals surface area contributed by atoms with E-state index in [0.717, 1.165) is 43.1 Å². The summed E-state index contributed by atoms with van der Waals surface area (Å²) in [5.41, 5.74) is 1.83. The Morgan fingerprint density at radius 1 is 1.23 bits per heavy atom. The lowest BCUT2D eigenvalue weighted by Gasteiger charge is -2.28. The Morgan fingerprint density at radius 2 is 2.00 bits per heavy atom. The highest BCUT2D eigenvalue weighted by Crippen LogP contribution is 2.36. The lowest BCUT2D eigenvalue weighted by atomic mass is 10.0. The van der Waals surface area contributed by atoms with Crippen LogP contribution in [0.15, 0.2) is 30.5 Å². The van der Waals surface area contributed by atoms with Gasteiger partial charge in [-0.1, -0.05) is 36.2 Å². The molecular weight excluding hydrogens is 348 g/mol. The SMILES string of the molecule is CN1C(=O)[C@@H](CN2CCCCC2)C[C@H]1c1ncc(-c2ccccc2Cl)[nH]1. The number of carbonyl (C=O) groups excluding carboxylic acids is 1. The first-order valence-electron chi connectivity index (χ1n) is 9.42. The molecule has 4 rings (SSSR count). The van der Waals surface area contributed by atoms with Gasteiger partial charge in [-0.25, -0.2) is 4.98 Å². The van der Waals surface area contributed by atoms with Crippen LogP contribution in [0.5, 0.6) is 0 Å². The Kier molecular flexibility index (Phi) is 5.00. The molecule has 138 valence electrons. The first-order chi connectivity index (χ1) is 12.6. The zero-order valence-corrected chi connectivity index (χ0v) is 15.9. The summed E-state index contributed by atoms with van der Waals surface area (Å²) in [6, 6.07) is 7.73. The van der Waals surface area contributed by atoms with Gasteiger partial charge in [-0.05, 0) is 38.4 Å². The predicted octanol–water partition coefficient (Wildman–Crippen LogP) is 3.74. The number of halogens is 1. The van der Waals surface area contributed by atoms with Crippen molar-refractivity contribution in [3.63, 3.8) is 0 Å². The van der Waals surface area contributed by atoms with E-state index in [1.54, 1.807) is 0 Å². The molecule has 0 radical (unpaired) electrons. The van der Waals surface area contributed by atoms with Gasteiger partial charge < -0.3 is 14.8 Å². The standard InChI is InChI=1S/C20H25ClN4O/c1-24-18(11-14(20(24)26)13-25-9-5-2-6-10-25)19-22-12-17(23-19)15-7-3-4-8-16(15)21/h3-4,7-8,12,14,18H,2,5-6,9-11,13H2,1H3,(H,22,23)/t14-,18+/m1/s1. The minimum atomic E-state index is 0.00790. The van der Waals surface area contributed by atoms with E-state index in [9.17, 15) is 4.79 Å². The third kappa shape index (κ3) is 3.38. The number of likely N-dealkylation sites (tertiary alicyclic amines) is 2. The molecule has 6 heteroatoms. The normalized spacial score (nSPS) is 24.4.